The van der Waals surface area contributed by atoms with E-state index >= 15 is 0 Å². The minimum absolute atomic E-state index is 0.0555. The highest BCUT2D eigenvalue weighted by atomic mass is 32.1. The highest BCUT2D eigenvalue weighted by Crippen LogP contribution is 2.31. The molecule has 1 N–H and O–H groups in total. The molecule has 7 heteroatoms. The number of rotatable bonds is 9. The summed E-state index contributed by atoms with van der Waals surface area (Å²) in [6.07, 6.45) is 3.75. The van der Waals surface area contributed by atoms with E-state index in [2.05, 4.69) is 29.1 Å². The smallest absolute Gasteiger partial charge is 0.226 e. The minimum Gasteiger partial charge on any atom is -0.493 e. The number of thiazole rings is 1. The lowest BCUT2D eigenvalue weighted by Gasteiger charge is -2.17. The molecule has 0 aliphatic heterocycles. The van der Waals surface area contributed by atoms with Crippen LogP contribution in [0.2, 0.25) is 0 Å². The van der Waals surface area contributed by atoms with E-state index in [1.54, 1.807) is 30.8 Å². The minimum atomic E-state index is -0.163. The van der Waals surface area contributed by atoms with Gasteiger partial charge in [0.15, 0.2) is 11.5 Å². The Kier molecular flexibility index (Phi) is 7.41. The third kappa shape index (κ3) is 5.79. The zero-order chi connectivity index (χ0) is 21.5. The number of nitrogens with one attached hydrogen (secondary N) is 1. The number of pyridine rings is 1. The molecule has 1 amide bonds. The fourth-order valence-corrected chi connectivity index (χ4v) is 3.76. The van der Waals surface area contributed by atoms with Gasteiger partial charge in [0, 0.05) is 23.7 Å². The van der Waals surface area contributed by atoms with Crippen molar-refractivity contribution < 1.29 is 14.3 Å². The zero-order valence-electron chi connectivity index (χ0n) is 17.7. The molecule has 1 atom stereocenters. The third-order valence-electron chi connectivity index (χ3n) is 4.61. The number of hydrogen-bond donors (Lipinski definition) is 1. The molecule has 0 fully saturated rings. The van der Waals surface area contributed by atoms with Crippen molar-refractivity contribution in [2.45, 2.75) is 45.8 Å². The van der Waals surface area contributed by atoms with Gasteiger partial charge in [0.25, 0.3) is 0 Å². The summed E-state index contributed by atoms with van der Waals surface area (Å²) in [5.41, 5.74) is 2.78. The van der Waals surface area contributed by atoms with Crippen LogP contribution in [0.15, 0.2) is 48.1 Å². The van der Waals surface area contributed by atoms with Crippen LogP contribution in [0.4, 0.5) is 0 Å². The molecule has 30 heavy (non-hydrogen) atoms. The number of aromatic nitrogens is 2. The SMILES string of the molecule is COc1cc([C@@H](C)NC(=O)Cc2csc(C(C)C)n2)ccc1OCc1ccncc1. The molecule has 3 aromatic rings. The molecule has 0 aliphatic carbocycles. The summed E-state index contributed by atoms with van der Waals surface area (Å²) in [7, 11) is 1.61. The molecule has 158 valence electrons. The molecule has 0 radical (unpaired) electrons. The molecule has 2 aromatic heterocycles. The Labute approximate surface area is 181 Å². The molecule has 3 rings (SSSR count). The first-order valence-electron chi connectivity index (χ1n) is 9.89. The maximum Gasteiger partial charge on any atom is 0.226 e. The molecule has 0 aliphatic rings. The molecule has 0 unspecified atom stereocenters. The van der Waals surface area contributed by atoms with Gasteiger partial charge in [0.1, 0.15) is 6.61 Å². The first-order chi connectivity index (χ1) is 14.5. The second-order valence-electron chi connectivity index (χ2n) is 7.35. The Morgan fingerprint density at radius 1 is 1.13 bits per heavy atom. The lowest BCUT2D eigenvalue weighted by atomic mass is 10.1. The number of ether oxygens (including phenoxy) is 2. The van der Waals surface area contributed by atoms with Crippen molar-refractivity contribution in [1.82, 2.24) is 15.3 Å². The highest BCUT2D eigenvalue weighted by molar-refractivity contribution is 7.09. The predicted octanol–water partition coefficient (Wildman–Crippen LogP) is 4.67. The van der Waals surface area contributed by atoms with Gasteiger partial charge in [-0.25, -0.2) is 4.98 Å². The maximum absolute atomic E-state index is 12.4. The summed E-state index contributed by atoms with van der Waals surface area (Å²) >= 11 is 1.60. The van der Waals surface area contributed by atoms with Gasteiger partial charge in [0.05, 0.1) is 30.3 Å². The number of carbonyl (C=O) groups is 1. The van der Waals surface area contributed by atoms with Gasteiger partial charge in [0.2, 0.25) is 5.91 Å². The first-order valence-corrected chi connectivity index (χ1v) is 10.8. The average Bonchev–Trinajstić information content (AvgIpc) is 3.21. The van der Waals surface area contributed by atoms with Crippen molar-refractivity contribution in [3.63, 3.8) is 0 Å². The van der Waals surface area contributed by atoms with Crippen LogP contribution in [0.25, 0.3) is 0 Å². The maximum atomic E-state index is 12.4. The summed E-state index contributed by atoms with van der Waals surface area (Å²) in [4.78, 5) is 21.0. The molecule has 6 nitrogen and oxygen atoms in total. The van der Waals surface area contributed by atoms with Crippen LogP contribution in [-0.2, 0) is 17.8 Å². The topological polar surface area (TPSA) is 73.3 Å². The fourth-order valence-electron chi connectivity index (χ4n) is 2.92. The standard InChI is InChI=1S/C23H27N3O3S/c1-15(2)23-26-19(14-30-23)12-22(27)25-16(3)18-5-6-20(21(11-18)28-4)29-13-17-7-9-24-10-8-17/h5-11,14-16H,12-13H2,1-4H3,(H,25,27)/t16-/m1/s1. The van der Waals surface area contributed by atoms with E-state index in [0.29, 0.717) is 24.0 Å². The lowest BCUT2D eigenvalue weighted by molar-refractivity contribution is -0.121. The van der Waals surface area contributed by atoms with Crippen LogP contribution >= 0.6 is 11.3 Å². The predicted molar refractivity (Wildman–Crippen MR) is 118 cm³/mol. The van der Waals surface area contributed by atoms with Crippen LogP contribution in [-0.4, -0.2) is 23.0 Å². The van der Waals surface area contributed by atoms with Crippen LogP contribution in [0, 0.1) is 0 Å². The number of carbonyl (C=O) groups excluding carboxylic acids is 1. The average molecular weight is 426 g/mol. The summed E-state index contributed by atoms with van der Waals surface area (Å²) in [6, 6.07) is 9.36. The van der Waals surface area contributed by atoms with Crippen molar-refractivity contribution in [1.29, 1.82) is 0 Å². The Balaban J connectivity index is 1.60. The monoisotopic (exact) mass is 425 g/mol. The Morgan fingerprint density at radius 2 is 1.90 bits per heavy atom. The van der Waals surface area contributed by atoms with Crippen LogP contribution in [0.3, 0.4) is 0 Å². The molecular formula is C23H27N3O3S. The Bertz CT molecular complexity index is 973. The van der Waals surface area contributed by atoms with Gasteiger partial charge < -0.3 is 14.8 Å². The second kappa shape index (κ2) is 10.2. The fraction of sp³-hybridized carbons (Fsp3) is 0.348. The van der Waals surface area contributed by atoms with Crippen molar-refractivity contribution >= 4 is 17.2 Å². The van der Waals surface area contributed by atoms with Gasteiger partial charge in [-0.1, -0.05) is 19.9 Å². The number of hydrogen-bond acceptors (Lipinski definition) is 6. The van der Waals surface area contributed by atoms with Crippen LogP contribution < -0.4 is 14.8 Å². The summed E-state index contributed by atoms with van der Waals surface area (Å²) in [5.74, 6) is 1.60. The van der Waals surface area contributed by atoms with Crippen molar-refractivity contribution in [3.8, 4) is 11.5 Å². The zero-order valence-corrected chi connectivity index (χ0v) is 18.5. The van der Waals surface area contributed by atoms with Crippen molar-refractivity contribution in [3.05, 3.63) is 69.9 Å². The van der Waals surface area contributed by atoms with E-state index in [0.717, 1.165) is 21.8 Å². The van der Waals surface area contributed by atoms with Crippen LogP contribution in [0.1, 0.15) is 54.6 Å². The second-order valence-corrected chi connectivity index (χ2v) is 8.24. The largest absolute Gasteiger partial charge is 0.493 e. The highest BCUT2D eigenvalue weighted by Gasteiger charge is 2.15. The number of benzene rings is 1. The van der Waals surface area contributed by atoms with Crippen LogP contribution in [0.5, 0.6) is 11.5 Å². The number of methoxy groups -OCH3 is 1. The van der Waals surface area contributed by atoms with Crippen molar-refractivity contribution in [2.24, 2.45) is 0 Å². The number of amides is 1. The summed E-state index contributed by atoms with van der Waals surface area (Å²) in [6.45, 7) is 6.58. The van der Waals surface area contributed by atoms with Gasteiger partial charge in [-0.3, -0.25) is 9.78 Å². The summed E-state index contributed by atoms with van der Waals surface area (Å²) < 4.78 is 11.4. The van der Waals surface area contributed by atoms with E-state index in [-0.39, 0.29) is 18.4 Å². The third-order valence-corrected chi connectivity index (χ3v) is 5.81. The molecule has 1 aromatic carbocycles. The molecular weight excluding hydrogens is 398 g/mol. The first kappa shape index (κ1) is 21.8. The normalized spacial score (nSPS) is 11.9. The molecule has 0 saturated carbocycles. The van der Waals surface area contributed by atoms with E-state index < -0.39 is 0 Å². The van der Waals surface area contributed by atoms with Gasteiger partial charge in [-0.15, -0.1) is 11.3 Å². The summed E-state index contributed by atoms with van der Waals surface area (Å²) in [5, 5.41) is 6.04. The van der Waals surface area contributed by atoms with Gasteiger partial charge in [-0.2, -0.15) is 0 Å². The van der Waals surface area contributed by atoms with Gasteiger partial charge >= 0.3 is 0 Å². The van der Waals surface area contributed by atoms with E-state index in [1.807, 2.05) is 42.6 Å². The Hall–Kier alpha value is -2.93. The number of nitrogens with zero attached hydrogens (tertiary/aromatic N) is 2. The molecule has 0 bridgehead atoms. The molecule has 0 saturated heterocycles. The van der Waals surface area contributed by atoms with E-state index in [9.17, 15) is 4.79 Å². The van der Waals surface area contributed by atoms with E-state index in [1.165, 1.54) is 0 Å². The van der Waals surface area contributed by atoms with Crippen molar-refractivity contribution in [2.75, 3.05) is 7.11 Å². The molecule has 0 spiro atoms. The quantitative estimate of drug-likeness (QED) is 0.539. The molecule has 2 heterocycles. The Morgan fingerprint density at radius 3 is 2.57 bits per heavy atom. The van der Waals surface area contributed by atoms with E-state index in [4.69, 9.17) is 9.47 Å². The van der Waals surface area contributed by atoms with Gasteiger partial charge in [-0.05, 0) is 42.3 Å². The lowest BCUT2D eigenvalue weighted by Crippen LogP contribution is -2.28.